The molecule has 0 atom stereocenters. The Kier molecular flexibility index (Phi) is 8.59. The van der Waals surface area contributed by atoms with Gasteiger partial charge in [-0.3, -0.25) is 14.3 Å². The number of hydrogen-bond donors (Lipinski definition) is 2. The Morgan fingerprint density at radius 1 is 1.10 bits per heavy atom. The van der Waals surface area contributed by atoms with Crippen molar-refractivity contribution in [1.29, 1.82) is 0 Å². The van der Waals surface area contributed by atoms with E-state index in [1.807, 2.05) is 30.3 Å². The van der Waals surface area contributed by atoms with Crippen LogP contribution in [0.25, 0.3) is 0 Å². The maximum atomic E-state index is 12.2. The zero-order valence-corrected chi connectivity index (χ0v) is 16.7. The number of unbranched alkanes of at least 4 members (excludes halogenated alkanes) is 1. The van der Waals surface area contributed by atoms with Gasteiger partial charge in [0.05, 0.1) is 12.6 Å². The van der Waals surface area contributed by atoms with Gasteiger partial charge in [-0.25, -0.2) is 4.79 Å². The fourth-order valence-electron chi connectivity index (χ4n) is 2.82. The number of carbonyl (C=O) groups excluding carboxylic acids is 1. The van der Waals surface area contributed by atoms with E-state index in [-0.39, 0.29) is 43.9 Å². The summed E-state index contributed by atoms with van der Waals surface area (Å²) in [6, 6.07) is 12.5. The second-order valence-corrected chi connectivity index (χ2v) is 6.54. The maximum Gasteiger partial charge on any atom is 1.00 e. The van der Waals surface area contributed by atoms with Gasteiger partial charge in [-0.2, -0.15) is 0 Å². The van der Waals surface area contributed by atoms with E-state index in [0.717, 1.165) is 5.56 Å². The van der Waals surface area contributed by atoms with Crippen molar-refractivity contribution in [2.75, 3.05) is 5.32 Å². The molecule has 10 heteroatoms. The van der Waals surface area contributed by atoms with Crippen molar-refractivity contribution in [2.45, 2.75) is 32.4 Å². The second kappa shape index (κ2) is 11.1. The van der Waals surface area contributed by atoms with Crippen LogP contribution in [-0.4, -0.2) is 36.5 Å². The molecule has 0 radical (unpaired) electrons. The molecular weight excluding hydrogens is 381 g/mol. The molecule has 3 aromatic rings. The minimum Gasteiger partial charge on any atom is -1.00 e. The zero-order chi connectivity index (χ0) is 20.6. The van der Waals surface area contributed by atoms with Crippen molar-refractivity contribution in [2.24, 2.45) is 0 Å². The number of pyridine rings is 1. The number of rotatable bonds is 9. The smallest absolute Gasteiger partial charge is 1.00 e. The molecule has 0 unspecified atom stereocenters. The summed E-state index contributed by atoms with van der Waals surface area (Å²) < 4.78 is 3.04. The second-order valence-electron chi connectivity index (χ2n) is 6.54. The van der Waals surface area contributed by atoms with E-state index in [2.05, 4.69) is 15.6 Å². The number of nitrogens with zero attached hydrogens (tertiary/aromatic N) is 4. The van der Waals surface area contributed by atoms with Gasteiger partial charge in [0.2, 0.25) is 5.91 Å². The van der Waals surface area contributed by atoms with Crippen LogP contribution in [0.1, 0.15) is 30.3 Å². The topological polar surface area (TPSA) is 119 Å². The number of benzene rings is 1. The third kappa shape index (κ3) is 6.72. The Morgan fingerprint density at radius 2 is 1.83 bits per heavy atom. The number of hydrogen-bond acceptors (Lipinski definition) is 5. The Balaban J connectivity index is 0.00000240. The first-order chi connectivity index (χ1) is 14.0. The van der Waals surface area contributed by atoms with Crippen LogP contribution in [0.5, 0.6) is 0 Å². The molecule has 0 saturated heterocycles. The van der Waals surface area contributed by atoms with Gasteiger partial charge >= 0.3 is 24.8 Å². The van der Waals surface area contributed by atoms with Crippen molar-refractivity contribution in [3.8, 4) is 0 Å². The van der Waals surface area contributed by atoms with Crippen LogP contribution >= 0.6 is 0 Å². The quantitative estimate of drug-likeness (QED) is 0.346. The van der Waals surface area contributed by atoms with E-state index < -0.39 is 5.97 Å². The Labute approximate surface area is 186 Å². The van der Waals surface area contributed by atoms with Gasteiger partial charge in [0.25, 0.3) is 5.56 Å². The fourth-order valence-corrected chi connectivity index (χ4v) is 2.82. The standard InChI is InChI=1S/C20H21N5O4.Li.H/c26-18(12-15-6-2-1-3-7-15)21-16-8-11-24(19(27)13-16)9-4-5-10-25-14-17(20(28)29)22-23-25;;/h1-3,6-8,11,13-14H,4-5,9-10,12H2,(H,21,26)(H,28,29);;/q;+1;-1. The van der Waals surface area contributed by atoms with E-state index in [0.29, 0.717) is 31.6 Å². The van der Waals surface area contributed by atoms with Crippen molar-refractivity contribution in [3.63, 3.8) is 0 Å². The summed E-state index contributed by atoms with van der Waals surface area (Å²) in [5, 5.41) is 18.9. The predicted molar refractivity (Wildman–Crippen MR) is 107 cm³/mol. The summed E-state index contributed by atoms with van der Waals surface area (Å²) in [4.78, 5) is 35.1. The van der Waals surface area contributed by atoms with Crippen LogP contribution < -0.4 is 29.7 Å². The van der Waals surface area contributed by atoms with Crippen LogP contribution in [-0.2, 0) is 24.3 Å². The van der Waals surface area contributed by atoms with Gasteiger partial charge < -0.3 is 16.4 Å². The molecule has 0 spiro atoms. The van der Waals surface area contributed by atoms with E-state index in [1.165, 1.54) is 16.9 Å². The van der Waals surface area contributed by atoms with Crippen LogP contribution in [0.3, 0.4) is 0 Å². The van der Waals surface area contributed by atoms with Crippen LogP contribution in [0.2, 0.25) is 0 Å². The van der Waals surface area contributed by atoms with Crippen molar-refractivity contribution >= 4 is 17.6 Å². The Hall–Kier alpha value is -3.15. The molecule has 9 nitrogen and oxygen atoms in total. The average molecular weight is 403 g/mol. The molecular formula is C20H22LiN5O4. The van der Waals surface area contributed by atoms with Gasteiger partial charge in [-0.05, 0) is 24.5 Å². The number of aromatic carboxylic acids is 1. The van der Waals surface area contributed by atoms with Gasteiger partial charge in [-0.15, -0.1) is 5.10 Å². The molecule has 0 fully saturated rings. The van der Waals surface area contributed by atoms with Crippen LogP contribution in [0, 0.1) is 0 Å². The van der Waals surface area contributed by atoms with Crippen molar-refractivity contribution in [3.05, 3.63) is 76.5 Å². The van der Waals surface area contributed by atoms with Crippen molar-refractivity contribution < 1.29 is 35.0 Å². The summed E-state index contributed by atoms with van der Waals surface area (Å²) in [6.45, 7) is 1.03. The monoisotopic (exact) mass is 403 g/mol. The van der Waals surface area contributed by atoms with E-state index in [9.17, 15) is 14.4 Å². The zero-order valence-electron chi connectivity index (χ0n) is 17.7. The number of carboxylic acids is 1. The van der Waals surface area contributed by atoms with Gasteiger partial charge in [0, 0.05) is 31.0 Å². The third-order valence-electron chi connectivity index (χ3n) is 4.28. The van der Waals surface area contributed by atoms with Crippen LogP contribution in [0.15, 0.2) is 59.7 Å². The summed E-state index contributed by atoms with van der Waals surface area (Å²) in [5.74, 6) is -1.29. The minimum absolute atomic E-state index is 0. The van der Waals surface area contributed by atoms with E-state index in [4.69, 9.17) is 5.11 Å². The Morgan fingerprint density at radius 3 is 2.50 bits per heavy atom. The molecule has 0 aliphatic rings. The molecule has 1 amide bonds. The molecule has 0 aliphatic heterocycles. The molecule has 30 heavy (non-hydrogen) atoms. The van der Waals surface area contributed by atoms with E-state index in [1.54, 1.807) is 16.8 Å². The predicted octanol–water partition coefficient (Wildman–Crippen LogP) is -1.08. The molecule has 0 aliphatic carbocycles. The third-order valence-corrected chi connectivity index (χ3v) is 4.28. The average Bonchev–Trinajstić information content (AvgIpc) is 3.17. The van der Waals surface area contributed by atoms with Crippen LogP contribution in [0.4, 0.5) is 5.69 Å². The van der Waals surface area contributed by atoms with Gasteiger partial charge in [0.15, 0.2) is 5.69 Å². The first-order valence-electron chi connectivity index (χ1n) is 9.19. The van der Waals surface area contributed by atoms with Gasteiger partial charge in [-0.1, -0.05) is 35.5 Å². The molecule has 0 saturated carbocycles. The Bertz CT molecular complexity index is 1050. The maximum absolute atomic E-state index is 12.2. The largest absolute Gasteiger partial charge is 1.00 e. The number of carboxylic acid groups (broad SMARTS) is 1. The molecule has 152 valence electrons. The number of aryl methyl sites for hydroxylation is 2. The molecule has 2 aromatic heterocycles. The normalized spacial score (nSPS) is 10.3. The van der Waals surface area contributed by atoms with E-state index >= 15 is 0 Å². The minimum atomic E-state index is -1.11. The molecule has 1 aromatic carbocycles. The molecule has 2 N–H and O–H groups in total. The molecule has 3 rings (SSSR count). The van der Waals surface area contributed by atoms with Gasteiger partial charge in [0.1, 0.15) is 0 Å². The fraction of sp³-hybridized carbons (Fsp3) is 0.250. The summed E-state index contributed by atoms with van der Waals surface area (Å²) in [6.07, 6.45) is 4.70. The first-order valence-corrected chi connectivity index (χ1v) is 9.19. The first kappa shape index (κ1) is 23.1. The summed E-state index contributed by atoms with van der Waals surface area (Å²) in [5.41, 5.74) is 1.08. The SMILES string of the molecule is O=C(Cc1ccccc1)Nc1ccn(CCCCn2cc(C(=O)O)nn2)c(=O)c1.[H-].[Li+]. The molecule has 0 bridgehead atoms. The number of amides is 1. The molecule has 2 heterocycles. The number of anilines is 1. The van der Waals surface area contributed by atoms with Crippen molar-refractivity contribution in [1.82, 2.24) is 19.6 Å². The summed E-state index contributed by atoms with van der Waals surface area (Å²) >= 11 is 0. The number of nitrogens with one attached hydrogen (secondary N) is 1. The number of aromatic nitrogens is 4. The number of carbonyl (C=O) groups is 2. The summed E-state index contributed by atoms with van der Waals surface area (Å²) in [7, 11) is 0.